The van der Waals surface area contributed by atoms with Gasteiger partial charge in [-0.2, -0.15) is 0 Å². The first-order valence-corrected chi connectivity index (χ1v) is 10.3. The number of aliphatic imine (C=N–C) groups is 1. The van der Waals surface area contributed by atoms with Gasteiger partial charge in [-0.15, -0.1) is 0 Å². The summed E-state index contributed by atoms with van der Waals surface area (Å²) in [6.45, 7) is 2.22. The Morgan fingerprint density at radius 2 is 1.97 bits per heavy atom. The Bertz CT molecular complexity index is 1080. The average molecular weight is 445 g/mol. The number of fused-ring (bicyclic) bond motifs is 1. The van der Waals surface area contributed by atoms with Gasteiger partial charge in [0.25, 0.3) is 5.91 Å². The lowest BCUT2D eigenvalue weighted by atomic mass is 10.2. The van der Waals surface area contributed by atoms with Gasteiger partial charge in [-0.25, -0.2) is 9.79 Å². The Kier molecular flexibility index (Phi) is 5.69. The van der Waals surface area contributed by atoms with Crippen LogP contribution in [0.25, 0.3) is 6.08 Å². The van der Waals surface area contributed by atoms with Crippen molar-refractivity contribution < 1.29 is 23.8 Å². The molecule has 7 nitrogen and oxygen atoms in total. The normalized spacial score (nSPS) is 17.8. The summed E-state index contributed by atoms with van der Waals surface area (Å²) in [7, 11) is 1.66. The number of benzene rings is 2. The van der Waals surface area contributed by atoms with E-state index >= 15 is 0 Å². The molecule has 1 fully saturated rings. The van der Waals surface area contributed by atoms with Crippen molar-refractivity contribution in [2.45, 2.75) is 6.92 Å². The first-order chi connectivity index (χ1) is 14.5. The van der Waals surface area contributed by atoms with Gasteiger partial charge in [0.05, 0.1) is 27.8 Å². The van der Waals surface area contributed by atoms with Gasteiger partial charge in [-0.1, -0.05) is 11.6 Å². The van der Waals surface area contributed by atoms with Crippen LogP contribution in [-0.2, 0) is 9.53 Å². The van der Waals surface area contributed by atoms with Crippen LogP contribution in [0.2, 0.25) is 5.02 Å². The van der Waals surface area contributed by atoms with Gasteiger partial charge in [-0.3, -0.25) is 9.69 Å². The van der Waals surface area contributed by atoms with E-state index in [2.05, 4.69) is 4.99 Å². The first-order valence-electron chi connectivity index (χ1n) is 9.09. The lowest BCUT2D eigenvalue weighted by Crippen LogP contribution is -2.23. The number of halogens is 1. The molecule has 4 rings (SSSR count). The van der Waals surface area contributed by atoms with Gasteiger partial charge in [0.1, 0.15) is 0 Å². The molecule has 0 aliphatic carbocycles. The summed E-state index contributed by atoms with van der Waals surface area (Å²) in [6.07, 6.45) is 1.71. The SMILES string of the molecule is CCOC(=O)c1ccc(N=C2S/C(=C\c3cc4c(cc3Cl)OCO4)C(=O)N2C)cc1. The lowest BCUT2D eigenvalue weighted by Gasteiger charge is -2.07. The third kappa shape index (κ3) is 4.01. The van der Waals surface area contributed by atoms with E-state index in [-0.39, 0.29) is 18.7 Å². The molecule has 0 unspecified atom stereocenters. The van der Waals surface area contributed by atoms with Gasteiger partial charge >= 0.3 is 5.97 Å². The minimum atomic E-state index is -0.384. The topological polar surface area (TPSA) is 77.4 Å². The predicted molar refractivity (Wildman–Crippen MR) is 115 cm³/mol. The Balaban J connectivity index is 1.57. The number of nitrogens with zero attached hydrogens (tertiary/aromatic N) is 2. The maximum absolute atomic E-state index is 12.7. The van der Waals surface area contributed by atoms with Gasteiger partial charge in [0.15, 0.2) is 16.7 Å². The molecule has 154 valence electrons. The quantitative estimate of drug-likeness (QED) is 0.511. The molecule has 2 aliphatic heterocycles. The second-order valence-corrected chi connectivity index (χ2v) is 7.78. The van der Waals surface area contributed by atoms with Crippen LogP contribution in [0, 0.1) is 0 Å². The lowest BCUT2D eigenvalue weighted by molar-refractivity contribution is -0.121. The molecule has 1 amide bonds. The summed E-state index contributed by atoms with van der Waals surface area (Å²) in [5.74, 6) is 0.601. The van der Waals surface area contributed by atoms with E-state index in [9.17, 15) is 9.59 Å². The van der Waals surface area contributed by atoms with Crippen LogP contribution in [0.15, 0.2) is 46.3 Å². The fraction of sp³-hybridized carbons (Fsp3) is 0.190. The highest BCUT2D eigenvalue weighted by Crippen LogP contribution is 2.40. The minimum Gasteiger partial charge on any atom is -0.462 e. The summed E-state index contributed by atoms with van der Waals surface area (Å²) in [5, 5.41) is 0.981. The minimum absolute atomic E-state index is 0.147. The van der Waals surface area contributed by atoms with E-state index in [1.54, 1.807) is 56.4 Å². The second-order valence-electron chi connectivity index (χ2n) is 6.36. The van der Waals surface area contributed by atoms with E-state index < -0.39 is 0 Å². The number of hydrogen-bond donors (Lipinski definition) is 0. The van der Waals surface area contributed by atoms with Crippen LogP contribution in [0.5, 0.6) is 11.5 Å². The molecule has 30 heavy (non-hydrogen) atoms. The molecule has 9 heteroatoms. The average Bonchev–Trinajstić information content (AvgIpc) is 3.28. The Morgan fingerprint density at radius 1 is 1.27 bits per heavy atom. The molecule has 0 N–H and O–H groups in total. The maximum atomic E-state index is 12.7. The molecule has 0 spiro atoms. The molecule has 0 saturated carbocycles. The third-order valence-electron chi connectivity index (χ3n) is 4.39. The van der Waals surface area contributed by atoms with Crippen LogP contribution in [0.3, 0.4) is 0 Å². The standard InChI is InChI=1S/C21H17ClN2O5S/c1-3-27-20(26)12-4-6-14(7-5-12)23-21-24(2)19(25)18(30-21)9-13-8-16-17(10-15(13)22)29-11-28-16/h4-10H,3,11H2,1-2H3/b18-9-,23-21?. The van der Waals surface area contributed by atoms with Crippen LogP contribution in [-0.4, -0.2) is 42.4 Å². The Labute approximate surface area is 182 Å². The molecule has 2 aliphatic rings. The predicted octanol–water partition coefficient (Wildman–Crippen LogP) is 4.48. The molecule has 0 radical (unpaired) electrons. The van der Waals surface area contributed by atoms with Crippen LogP contribution >= 0.6 is 23.4 Å². The highest BCUT2D eigenvalue weighted by Gasteiger charge is 2.31. The van der Waals surface area contributed by atoms with E-state index in [1.165, 1.54) is 16.7 Å². The number of rotatable bonds is 4. The van der Waals surface area contributed by atoms with Crippen molar-refractivity contribution in [3.05, 3.63) is 57.5 Å². The fourth-order valence-electron chi connectivity index (χ4n) is 2.83. The van der Waals surface area contributed by atoms with Crippen molar-refractivity contribution >= 4 is 52.2 Å². The highest BCUT2D eigenvalue weighted by atomic mass is 35.5. The number of amides is 1. The molecule has 2 aromatic rings. The largest absolute Gasteiger partial charge is 0.462 e. The van der Waals surface area contributed by atoms with Crippen molar-refractivity contribution in [3.63, 3.8) is 0 Å². The number of thioether (sulfide) groups is 1. The zero-order valence-corrected chi connectivity index (χ0v) is 17.7. The van der Waals surface area contributed by atoms with E-state index in [4.69, 9.17) is 25.8 Å². The van der Waals surface area contributed by atoms with Crippen molar-refractivity contribution in [1.29, 1.82) is 0 Å². The monoisotopic (exact) mass is 444 g/mol. The van der Waals surface area contributed by atoms with Crippen molar-refractivity contribution in [3.8, 4) is 11.5 Å². The number of esters is 1. The molecule has 0 bridgehead atoms. The third-order valence-corrected chi connectivity index (χ3v) is 5.77. The maximum Gasteiger partial charge on any atom is 0.338 e. The molecule has 2 aromatic carbocycles. The number of amidine groups is 1. The number of carbonyl (C=O) groups excluding carboxylic acids is 2. The van der Waals surface area contributed by atoms with Gasteiger partial charge < -0.3 is 14.2 Å². The summed E-state index contributed by atoms with van der Waals surface area (Å²) >= 11 is 7.56. The van der Waals surface area contributed by atoms with E-state index in [0.29, 0.717) is 50.0 Å². The molecule has 2 heterocycles. The van der Waals surface area contributed by atoms with Crippen molar-refractivity contribution in [2.24, 2.45) is 4.99 Å². The number of carbonyl (C=O) groups is 2. The molecule has 1 saturated heterocycles. The van der Waals surface area contributed by atoms with Crippen LogP contribution < -0.4 is 9.47 Å². The van der Waals surface area contributed by atoms with E-state index in [1.807, 2.05) is 0 Å². The summed E-state index contributed by atoms with van der Waals surface area (Å²) in [5.41, 5.74) is 1.72. The number of ether oxygens (including phenoxy) is 3. The Morgan fingerprint density at radius 3 is 2.67 bits per heavy atom. The van der Waals surface area contributed by atoms with Crippen LogP contribution in [0.1, 0.15) is 22.8 Å². The van der Waals surface area contributed by atoms with Gasteiger partial charge in [-0.05, 0) is 60.7 Å². The van der Waals surface area contributed by atoms with Crippen molar-refractivity contribution in [1.82, 2.24) is 4.90 Å². The number of likely N-dealkylation sites (N-methyl/N-ethyl adjacent to an activating group) is 1. The Hall–Kier alpha value is -2.97. The van der Waals surface area contributed by atoms with Gasteiger partial charge in [0.2, 0.25) is 6.79 Å². The molecule has 0 aromatic heterocycles. The molecular weight excluding hydrogens is 428 g/mol. The zero-order valence-electron chi connectivity index (χ0n) is 16.2. The van der Waals surface area contributed by atoms with E-state index in [0.717, 1.165) is 0 Å². The van der Waals surface area contributed by atoms with Crippen molar-refractivity contribution in [2.75, 3.05) is 20.4 Å². The highest BCUT2D eigenvalue weighted by molar-refractivity contribution is 8.18. The molecular formula is C21H17ClN2O5S. The summed E-state index contributed by atoms with van der Waals surface area (Å²) < 4.78 is 15.7. The fourth-order valence-corrected chi connectivity index (χ4v) is 4.02. The smallest absolute Gasteiger partial charge is 0.338 e. The number of hydrogen-bond acceptors (Lipinski definition) is 7. The summed E-state index contributed by atoms with van der Waals surface area (Å²) in [6, 6.07) is 10.1. The first kappa shape index (κ1) is 20.3. The van der Waals surface area contributed by atoms with Gasteiger partial charge in [0, 0.05) is 13.1 Å². The summed E-state index contributed by atoms with van der Waals surface area (Å²) in [4.78, 5) is 30.9. The zero-order chi connectivity index (χ0) is 21.3. The van der Waals surface area contributed by atoms with Crippen LogP contribution in [0.4, 0.5) is 5.69 Å². The molecule has 0 atom stereocenters. The second kappa shape index (κ2) is 8.41.